The number of hydrogen-bond donors (Lipinski definition) is 1. The molecule has 2 rings (SSSR count). The Morgan fingerprint density at radius 1 is 0.929 bits per heavy atom. The Labute approximate surface area is 161 Å². The Morgan fingerprint density at radius 2 is 1.54 bits per heavy atom. The maximum Gasteiger partial charge on any atom is 0.427 e. The number of nitrogens with one attached hydrogen (secondary N) is 1. The molecule has 0 fully saturated rings. The molecule has 9 heteroatoms. The first-order valence-electron chi connectivity index (χ1n) is 8.01. The summed E-state index contributed by atoms with van der Waals surface area (Å²) in [6.45, 7) is 0. The molecule has 0 heterocycles. The second kappa shape index (κ2) is 9.81. The summed E-state index contributed by atoms with van der Waals surface area (Å²) in [5.74, 6) is 0.813. The van der Waals surface area contributed by atoms with Crippen molar-refractivity contribution >= 4 is 18.3 Å². The molecule has 2 aromatic carbocycles. The number of rotatable bonds is 7. The van der Waals surface area contributed by atoms with E-state index in [0.29, 0.717) is 28.6 Å². The number of hydrogen-bond acceptors (Lipinski definition) is 8. The molecule has 1 N–H and O–H groups in total. The van der Waals surface area contributed by atoms with Gasteiger partial charge in [-0.05, 0) is 42.0 Å². The quantitative estimate of drug-likeness (QED) is 0.336. The Balaban J connectivity index is 2.11. The van der Waals surface area contributed by atoms with E-state index in [1.165, 1.54) is 46.8 Å². The van der Waals surface area contributed by atoms with Crippen LogP contribution in [0, 0.1) is 0 Å². The summed E-state index contributed by atoms with van der Waals surface area (Å²) >= 11 is 0. The second-order valence-electron chi connectivity index (χ2n) is 5.23. The third-order valence-corrected chi connectivity index (χ3v) is 3.55. The molecule has 0 saturated carbocycles. The van der Waals surface area contributed by atoms with E-state index < -0.39 is 12.1 Å². The lowest BCUT2D eigenvalue weighted by atomic mass is 10.2. The van der Waals surface area contributed by atoms with E-state index in [1.807, 2.05) is 0 Å². The molecule has 9 nitrogen and oxygen atoms in total. The fraction of sp³-hybridized carbons (Fsp3) is 0.211. The zero-order valence-electron chi connectivity index (χ0n) is 15.8. The number of benzene rings is 2. The van der Waals surface area contributed by atoms with E-state index in [9.17, 15) is 9.59 Å². The number of methoxy groups -OCH3 is 4. The zero-order valence-corrected chi connectivity index (χ0v) is 15.8. The summed E-state index contributed by atoms with van der Waals surface area (Å²) in [5.41, 5.74) is 3.09. The molecule has 0 aliphatic rings. The highest BCUT2D eigenvalue weighted by Crippen LogP contribution is 2.38. The third kappa shape index (κ3) is 5.13. The topological polar surface area (TPSA) is 105 Å². The van der Waals surface area contributed by atoms with Crippen molar-refractivity contribution in [2.24, 2.45) is 5.10 Å². The zero-order chi connectivity index (χ0) is 20.5. The van der Waals surface area contributed by atoms with Crippen LogP contribution < -0.4 is 24.4 Å². The number of carbonyl (C=O) groups is 2. The van der Waals surface area contributed by atoms with E-state index in [0.717, 1.165) is 0 Å². The van der Waals surface area contributed by atoms with E-state index in [-0.39, 0.29) is 5.56 Å². The second-order valence-corrected chi connectivity index (χ2v) is 5.23. The van der Waals surface area contributed by atoms with Crippen LogP contribution in [0.25, 0.3) is 0 Å². The highest BCUT2D eigenvalue weighted by molar-refractivity contribution is 5.93. The summed E-state index contributed by atoms with van der Waals surface area (Å²) in [5, 5.41) is 3.71. The van der Waals surface area contributed by atoms with Gasteiger partial charge in [0.15, 0.2) is 11.5 Å². The summed E-state index contributed by atoms with van der Waals surface area (Å²) < 4.78 is 25.5. The molecule has 2 aromatic rings. The van der Waals surface area contributed by atoms with Crippen LogP contribution in [0.15, 0.2) is 41.5 Å². The summed E-state index contributed by atoms with van der Waals surface area (Å²) in [6, 6.07) is 9.53. The minimum absolute atomic E-state index is 0.238. The molecule has 0 atom stereocenters. The molecule has 0 bridgehead atoms. The van der Waals surface area contributed by atoms with Crippen molar-refractivity contribution in [3.05, 3.63) is 47.5 Å². The lowest BCUT2D eigenvalue weighted by Gasteiger charge is -2.13. The van der Waals surface area contributed by atoms with Crippen LogP contribution in [0.2, 0.25) is 0 Å². The molecule has 0 aliphatic heterocycles. The van der Waals surface area contributed by atoms with Crippen LogP contribution in [0.4, 0.5) is 4.79 Å². The van der Waals surface area contributed by atoms with Crippen molar-refractivity contribution in [3.8, 4) is 23.0 Å². The van der Waals surface area contributed by atoms with Crippen LogP contribution in [-0.4, -0.2) is 46.7 Å². The summed E-state index contributed by atoms with van der Waals surface area (Å²) in [4.78, 5) is 23.4. The molecular weight excluding hydrogens is 368 g/mol. The highest BCUT2D eigenvalue weighted by Gasteiger charge is 2.18. The lowest BCUT2D eigenvalue weighted by Crippen LogP contribution is -2.16. The minimum atomic E-state index is -0.674. The average Bonchev–Trinajstić information content (AvgIpc) is 2.73. The van der Waals surface area contributed by atoms with E-state index in [1.54, 1.807) is 24.3 Å². The van der Waals surface area contributed by atoms with E-state index >= 15 is 0 Å². The molecule has 148 valence electrons. The van der Waals surface area contributed by atoms with Gasteiger partial charge >= 0.3 is 12.1 Å². The maximum absolute atomic E-state index is 12.5. The van der Waals surface area contributed by atoms with Crippen molar-refractivity contribution in [2.45, 2.75) is 0 Å². The molecule has 0 spiro atoms. The first-order valence-corrected chi connectivity index (χ1v) is 8.01. The van der Waals surface area contributed by atoms with Gasteiger partial charge in [-0.15, -0.1) is 0 Å². The van der Waals surface area contributed by atoms with Crippen molar-refractivity contribution < 1.29 is 33.3 Å². The van der Waals surface area contributed by atoms with Gasteiger partial charge in [0, 0.05) is 0 Å². The predicted octanol–water partition coefficient (Wildman–Crippen LogP) is 2.62. The number of esters is 1. The van der Waals surface area contributed by atoms with Gasteiger partial charge in [0.05, 0.1) is 40.2 Å². The Hall–Kier alpha value is -3.75. The molecular formula is C19H20N2O7. The van der Waals surface area contributed by atoms with Crippen molar-refractivity contribution in [1.29, 1.82) is 0 Å². The number of nitrogens with zero attached hydrogens (tertiary/aromatic N) is 1. The number of carbonyl (C=O) groups excluding carboxylic acids is 2. The van der Waals surface area contributed by atoms with Gasteiger partial charge in [0.2, 0.25) is 5.75 Å². The van der Waals surface area contributed by atoms with Gasteiger partial charge in [-0.1, -0.05) is 0 Å². The summed E-state index contributed by atoms with van der Waals surface area (Å²) in [6.07, 6.45) is 0.744. The molecule has 0 aromatic heterocycles. The number of ether oxygens (including phenoxy) is 5. The van der Waals surface area contributed by atoms with Crippen LogP contribution in [0.1, 0.15) is 15.9 Å². The smallest absolute Gasteiger partial charge is 0.427 e. The first-order chi connectivity index (χ1) is 13.5. The Bertz CT molecular complexity index is 838. The largest absolute Gasteiger partial charge is 0.493 e. The van der Waals surface area contributed by atoms with Gasteiger partial charge in [-0.3, -0.25) is 0 Å². The molecule has 0 aliphatic carbocycles. The van der Waals surface area contributed by atoms with Crippen LogP contribution in [0.3, 0.4) is 0 Å². The predicted molar refractivity (Wildman–Crippen MR) is 101 cm³/mol. The van der Waals surface area contributed by atoms with Crippen LogP contribution in [0.5, 0.6) is 23.0 Å². The van der Waals surface area contributed by atoms with Gasteiger partial charge < -0.3 is 23.7 Å². The van der Waals surface area contributed by atoms with Gasteiger partial charge in [-0.25, -0.2) is 15.0 Å². The maximum atomic E-state index is 12.5. The number of hydrazone groups is 1. The first kappa shape index (κ1) is 20.6. The highest BCUT2D eigenvalue weighted by atomic mass is 16.5. The van der Waals surface area contributed by atoms with Crippen molar-refractivity contribution in [2.75, 3.05) is 28.4 Å². The van der Waals surface area contributed by atoms with Gasteiger partial charge in [-0.2, -0.15) is 5.10 Å². The lowest BCUT2D eigenvalue weighted by molar-refractivity contribution is 0.0733. The third-order valence-electron chi connectivity index (χ3n) is 3.55. The van der Waals surface area contributed by atoms with Gasteiger partial charge in [0.1, 0.15) is 5.75 Å². The normalized spacial score (nSPS) is 10.3. The van der Waals surface area contributed by atoms with Crippen LogP contribution in [-0.2, 0) is 4.74 Å². The molecule has 0 unspecified atom stereocenters. The van der Waals surface area contributed by atoms with Crippen molar-refractivity contribution in [1.82, 2.24) is 5.43 Å². The monoisotopic (exact) mass is 388 g/mol. The average molecular weight is 388 g/mol. The standard InChI is InChI=1S/C19H20N2O7/c1-24-15-9-13(10-16(25-2)17(15)26-3)18(22)28-14-7-5-12(6-8-14)11-20-21-19(23)27-4/h5-11H,1-4H3,(H,21,23)/b20-11-. The SMILES string of the molecule is COC(=O)N/N=C\c1ccc(OC(=O)c2cc(OC)c(OC)c(OC)c2)cc1. The van der Waals surface area contributed by atoms with Crippen LogP contribution >= 0.6 is 0 Å². The molecule has 28 heavy (non-hydrogen) atoms. The summed E-state index contributed by atoms with van der Waals surface area (Å²) in [7, 11) is 5.63. The Kier molecular flexibility index (Phi) is 7.21. The Morgan fingerprint density at radius 3 is 2.04 bits per heavy atom. The van der Waals surface area contributed by atoms with E-state index in [2.05, 4.69) is 15.3 Å². The fourth-order valence-corrected chi connectivity index (χ4v) is 2.19. The molecule has 1 amide bonds. The van der Waals surface area contributed by atoms with E-state index in [4.69, 9.17) is 18.9 Å². The van der Waals surface area contributed by atoms with Crippen molar-refractivity contribution in [3.63, 3.8) is 0 Å². The van der Waals surface area contributed by atoms with Gasteiger partial charge in [0.25, 0.3) is 0 Å². The number of amides is 1. The molecule has 0 saturated heterocycles. The molecule has 0 radical (unpaired) electrons. The fourth-order valence-electron chi connectivity index (χ4n) is 2.19. The minimum Gasteiger partial charge on any atom is -0.493 e.